The summed E-state index contributed by atoms with van der Waals surface area (Å²) >= 11 is 8.44. The summed E-state index contributed by atoms with van der Waals surface area (Å²) in [4.78, 5) is 13.8. The van der Waals surface area contributed by atoms with Gasteiger partial charge in [0.15, 0.2) is 0 Å². The Morgan fingerprint density at radius 3 is 2.58 bits per heavy atom. The standard InChI is InChI=1S/C21H24ClNO2S/c1-25-17-12-10-16(11-13-17)23-20(24)14-15-6-5-9-19(22)21(15)26-18-7-3-2-4-8-18/h2-4,7-8,10-13,15,19,21H,5-6,9,14H2,1H3,(H,23,24). The Balaban J connectivity index is 1.62. The molecule has 1 N–H and O–H groups in total. The molecule has 138 valence electrons. The minimum absolute atomic E-state index is 0.0459. The first kappa shape index (κ1) is 19.1. The third-order valence-corrected chi connectivity index (χ3v) is 6.88. The Morgan fingerprint density at radius 2 is 1.88 bits per heavy atom. The highest BCUT2D eigenvalue weighted by molar-refractivity contribution is 8.00. The number of carbonyl (C=O) groups excluding carboxylic acids is 1. The lowest BCUT2D eigenvalue weighted by atomic mass is 9.86. The van der Waals surface area contributed by atoms with Gasteiger partial charge in [0.1, 0.15) is 5.75 Å². The highest BCUT2D eigenvalue weighted by atomic mass is 35.5. The molecule has 1 fully saturated rings. The lowest BCUT2D eigenvalue weighted by molar-refractivity contribution is -0.117. The molecule has 0 heterocycles. The van der Waals surface area contributed by atoms with Crippen molar-refractivity contribution in [3.05, 3.63) is 54.6 Å². The van der Waals surface area contributed by atoms with Gasteiger partial charge in [0.05, 0.1) is 7.11 Å². The number of hydrogen-bond acceptors (Lipinski definition) is 3. The van der Waals surface area contributed by atoms with Gasteiger partial charge in [-0.25, -0.2) is 0 Å². The fraction of sp³-hybridized carbons (Fsp3) is 0.381. The SMILES string of the molecule is COc1ccc(NC(=O)CC2CCCC(Cl)C2Sc2ccccc2)cc1. The number of rotatable bonds is 6. The van der Waals surface area contributed by atoms with Crippen LogP contribution in [0.25, 0.3) is 0 Å². The van der Waals surface area contributed by atoms with Crippen LogP contribution in [0.5, 0.6) is 5.75 Å². The number of halogens is 1. The third-order valence-electron chi connectivity index (χ3n) is 4.71. The molecule has 0 aromatic heterocycles. The minimum Gasteiger partial charge on any atom is -0.497 e. The Hall–Kier alpha value is -1.65. The number of anilines is 1. The Morgan fingerprint density at radius 1 is 1.15 bits per heavy atom. The van der Waals surface area contributed by atoms with Gasteiger partial charge in [0.2, 0.25) is 5.91 Å². The van der Waals surface area contributed by atoms with E-state index in [-0.39, 0.29) is 22.5 Å². The second-order valence-electron chi connectivity index (χ2n) is 6.58. The molecular formula is C21H24ClNO2S. The van der Waals surface area contributed by atoms with E-state index in [2.05, 4.69) is 17.4 Å². The lowest BCUT2D eigenvalue weighted by Crippen LogP contribution is -2.34. The molecule has 0 aliphatic heterocycles. The maximum absolute atomic E-state index is 12.5. The summed E-state index contributed by atoms with van der Waals surface area (Å²) in [5.41, 5.74) is 0.793. The van der Waals surface area contributed by atoms with Gasteiger partial charge in [0, 0.05) is 27.6 Å². The average Bonchev–Trinajstić information content (AvgIpc) is 2.66. The van der Waals surface area contributed by atoms with Crippen LogP contribution in [-0.2, 0) is 4.79 Å². The number of ether oxygens (including phenoxy) is 1. The van der Waals surface area contributed by atoms with Crippen molar-refractivity contribution < 1.29 is 9.53 Å². The van der Waals surface area contributed by atoms with Crippen molar-refractivity contribution in [3.63, 3.8) is 0 Å². The molecule has 3 atom stereocenters. The second kappa shape index (κ2) is 9.33. The number of methoxy groups -OCH3 is 1. The maximum atomic E-state index is 12.5. The monoisotopic (exact) mass is 389 g/mol. The van der Waals surface area contributed by atoms with E-state index in [4.69, 9.17) is 16.3 Å². The largest absolute Gasteiger partial charge is 0.497 e. The van der Waals surface area contributed by atoms with Crippen molar-refractivity contribution in [2.75, 3.05) is 12.4 Å². The number of amides is 1. The van der Waals surface area contributed by atoms with Crippen LogP contribution in [0.4, 0.5) is 5.69 Å². The summed E-state index contributed by atoms with van der Waals surface area (Å²) in [5.74, 6) is 1.11. The molecule has 1 aliphatic carbocycles. The molecule has 1 amide bonds. The third kappa shape index (κ3) is 5.18. The molecule has 5 heteroatoms. The van der Waals surface area contributed by atoms with Crippen LogP contribution in [0.2, 0.25) is 0 Å². The average molecular weight is 390 g/mol. The van der Waals surface area contributed by atoms with Crippen molar-refractivity contribution in [2.24, 2.45) is 5.92 Å². The maximum Gasteiger partial charge on any atom is 0.224 e. The summed E-state index contributed by atoms with van der Waals surface area (Å²) in [5, 5.41) is 3.36. The van der Waals surface area contributed by atoms with Gasteiger partial charge < -0.3 is 10.1 Å². The van der Waals surface area contributed by atoms with Gasteiger partial charge in [-0.3, -0.25) is 4.79 Å². The topological polar surface area (TPSA) is 38.3 Å². The van der Waals surface area contributed by atoms with Crippen molar-refractivity contribution in [3.8, 4) is 5.75 Å². The Labute approximate surface area is 164 Å². The molecule has 0 bridgehead atoms. The summed E-state index contributed by atoms with van der Waals surface area (Å²) < 4.78 is 5.15. The first-order chi connectivity index (χ1) is 12.7. The van der Waals surface area contributed by atoms with Crippen molar-refractivity contribution >= 4 is 35.0 Å². The van der Waals surface area contributed by atoms with Crippen LogP contribution in [0.1, 0.15) is 25.7 Å². The van der Waals surface area contributed by atoms with Crippen molar-refractivity contribution in [1.82, 2.24) is 0 Å². The van der Waals surface area contributed by atoms with E-state index in [0.717, 1.165) is 30.7 Å². The zero-order chi connectivity index (χ0) is 18.4. The normalized spacial score (nSPS) is 22.6. The van der Waals surface area contributed by atoms with E-state index in [0.29, 0.717) is 6.42 Å². The molecule has 0 spiro atoms. The Bertz CT molecular complexity index is 708. The number of hydrogen-bond donors (Lipinski definition) is 1. The fourth-order valence-electron chi connectivity index (χ4n) is 3.37. The van der Waals surface area contributed by atoms with E-state index >= 15 is 0 Å². The molecule has 26 heavy (non-hydrogen) atoms. The molecule has 1 aliphatic rings. The predicted octanol–water partition coefficient (Wildman–Crippen LogP) is 5.59. The lowest BCUT2D eigenvalue weighted by Gasteiger charge is -2.34. The highest BCUT2D eigenvalue weighted by Crippen LogP contribution is 2.41. The van der Waals surface area contributed by atoms with Crippen LogP contribution in [0, 0.1) is 5.92 Å². The van der Waals surface area contributed by atoms with Crippen molar-refractivity contribution in [2.45, 2.75) is 41.2 Å². The predicted molar refractivity (Wildman–Crippen MR) is 109 cm³/mol. The zero-order valence-corrected chi connectivity index (χ0v) is 16.4. The van der Waals surface area contributed by atoms with Crippen LogP contribution < -0.4 is 10.1 Å². The number of benzene rings is 2. The van der Waals surface area contributed by atoms with Crippen LogP contribution in [-0.4, -0.2) is 23.6 Å². The van der Waals surface area contributed by atoms with Crippen LogP contribution in [0.3, 0.4) is 0 Å². The summed E-state index contributed by atoms with van der Waals surface area (Å²) in [7, 11) is 1.63. The van der Waals surface area contributed by atoms with E-state index in [9.17, 15) is 4.79 Å². The van der Waals surface area contributed by atoms with E-state index in [1.165, 1.54) is 4.90 Å². The molecule has 2 aromatic rings. The second-order valence-corrected chi connectivity index (χ2v) is 8.40. The summed E-state index contributed by atoms with van der Waals surface area (Å²) in [6, 6.07) is 17.7. The molecule has 0 radical (unpaired) electrons. The van der Waals surface area contributed by atoms with Gasteiger partial charge in [0.25, 0.3) is 0 Å². The minimum atomic E-state index is 0.0459. The fourth-order valence-corrected chi connectivity index (χ4v) is 5.22. The van der Waals surface area contributed by atoms with Gasteiger partial charge in [-0.2, -0.15) is 0 Å². The molecule has 3 nitrogen and oxygen atoms in total. The first-order valence-electron chi connectivity index (χ1n) is 8.95. The summed E-state index contributed by atoms with van der Waals surface area (Å²) in [6.45, 7) is 0. The summed E-state index contributed by atoms with van der Waals surface area (Å²) in [6.07, 6.45) is 3.65. The quantitative estimate of drug-likeness (QED) is 0.654. The van der Waals surface area contributed by atoms with Crippen LogP contribution in [0.15, 0.2) is 59.5 Å². The molecule has 2 aromatic carbocycles. The van der Waals surface area contributed by atoms with E-state index in [1.54, 1.807) is 18.9 Å². The van der Waals surface area contributed by atoms with Crippen LogP contribution >= 0.6 is 23.4 Å². The molecule has 3 rings (SSSR count). The van der Waals surface area contributed by atoms with Gasteiger partial charge in [-0.05, 0) is 55.2 Å². The van der Waals surface area contributed by atoms with Gasteiger partial charge >= 0.3 is 0 Å². The van der Waals surface area contributed by atoms with E-state index < -0.39 is 0 Å². The molecular weight excluding hydrogens is 366 g/mol. The smallest absolute Gasteiger partial charge is 0.224 e. The molecule has 1 saturated carbocycles. The van der Waals surface area contributed by atoms with Crippen molar-refractivity contribution in [1.29, 1.82) is 0 Å². The molecule has 3 unspecified atom stereocenters. The molecule has 0 saturated heterocycles. The van der Waals surface area contributed by atoms with E-state index in [1.807, 2.05) is 42.5 Å². The number of thioether (sulfide) groups is 1. The first-order valence-corrected chi connectivity index (χ1v) is 10.3. The number of alkyl halides is 1. The number of nitrogens with one attached hydrogen (secondary N) is 1. The van der Waals surface area contributed by atoms with Gasteiger partial charge in [-0.1, -0.05) is 24.6 Å². The van der Waals surface area contributed by atoms with Gasteiger partial charge in [-0.15, -0.1) is 23.4 Å². The Kier molecular flexibility index (Phi) is 6.86. The number of carbonyl (C=O) groups is 1. The zero-order valence-electron chi connectivity index (χ0n) is 14.9. The highest BCUT2D eigenvalue weighted by Gasteiger charge is 2.34.